The molecular formula is C14H18BrNO. The molecule has 1 aliphatic heterocycles. The van der Waals surface area contributed by atoms with Crippen molar-refractivity contribution in [2.45, 2.75) is 39.7 Å². The molecule has 0 bridgehead atoms. The van der Waals surface area contributed by atoms with E-state index >= 15 is 0 Å². The van der Waals surface area contributed by atoms with E-state index in [1.165, 1.54) is 0 Å². The van der Waals surface area contributed by atoms with Gasteiger partial charge in [-0.25, -0.2) is 0 Å². The van der Waals surface area contributed by atoms with Gasteiger partial charge in [0.2, 0.25) is 0 Å². The molecule has 1 aliphatic rings. The van der Waals surface area contributed by atoms with Gasteiger partial charge in [-0.1, -0.05) is 54.0 Å². The van der Waals surface area contributed by atoms with Crippen LogP contribution in [-0.4, -0.2) is 11.8 Å². The van der Waals surface area contributed by atoms with Gasteiger partial charge in [-0.2, -0.15) is 0 Å². The Morgan fingerprint density at radius 2 is 1.94 bits per heavy atom. The molecule has 1 aromatic carbocycles. The van der Waals surface area contributed by atoms with E-state index in [1.807, 2.05) is 12.1 Å². The number of benzene rings is 1. The lowest BCUT2D eigenvalue weighted by Crippen LogP contribution is -2.18. The van der Waals surface area contributed by atoms with E-state index in [1.54, 1.807) is 0 Å². The van der Waals surface area contributed by atoms with Crippen LogP contribution in [0.5, 0.6) is 0 Å². The maximum atomic E-state index is 5.50. The summed E-state index contributed by atoms with van der Waals surface area (Å²) in [6, 6.07) is 8.22. The lowest BCUT2D eigenvalue weighted by atomic mass is 9.87. The van der Waals surface area contributed by atoms with Gasteiger partial charge in [0.05, 0.1) is 5.71 Å². The number of hydrogen-bond acceptors (Lipinski definition) is 2. The molecule has 0 fully saturated rings. The molecule has 2 nitrogen and oxygen atoms in total. The first-order valence-corrected chi connectivity index (χ1v) is 6.72. The van der Waals surface area contributed by atoms with Gasteiger partial charge in [0.1, 0.15) is 6.10 Å². The largest absolute Gasteiger partial charge is 0.392 e. The van der Waals surface area contributed by atoms with Crippen LogP contribution in [0.25, 0.3) is 0 Å². The first-order chi connectivity index (χ1) is 7.94. The van der Waals surface area contributed by atoms with E-state index in [4.69, 9.17) is 4.84 Å². The lowest BCUT2D eigenvalue weighted by molar-refractivity contribution is 0.0540. The van der Waals surface area contributed by atoms with Crippen molar-refractivity contribution in [2.75, 3.05) is 0 Å². The number of halogens is 1. The fraction of sp³-hybridized carbons (Fsp3) is 0.500. The zero-order valence-corrected chi connectivity index (χ0v) is 12.1. The predicted octanol–water partition coefficient (Wildman–Crippen LogP) is 4.38. The lowest BCUT2D eigenvalue weighted by Gasteiger charge is -2.21. The summed E-state index contributed by atoms with van der Waals surface area (Å²) in [6.07, 6.45) is 2.18. The van der Waals surface area contributed by atoms with Gasteiger partial charge in [-0.15, -0.1) is 0 Å². The third-order valence-corrected chi connectivity index (χ3v) is 3.28. The highest BCUT2D eigenvalue weighted by Crippen LogP contribution is 2.28. The van der Waals surface area contributed by atoms with Crippen molar-refractivity contribution < 1.29 is 4.84 Å². The van der Waals surface area contributed by atoms with Crippen molar-refractivity contribution in [3.8, 4) is 0 Å². The number of oxime groups is 1. The van der Waals surface area contributed by atoms with E-state index in [-0.39, 0.29) is 11.5 Å². The predicted molar refractivity (Wildman–Crippen MR) is 74.2 cm³/mol. The van der Waals surface area contributed by atoms with Crippen LogP contribution in [0.4, 0.5) is 0 Å². The van der Waals surface area contributed by atoms with Crippen molar-refractivity contribution in [3.05, 3.63) is 34.3 Å². The second-order valence-corrected chi connectivity index (χ2v) is 6.66. The van der Waals surface area contributed by atoms with Gasteiger partial charge >= 0.3 is 0 Å². The topological polar surface area (TPSA) is 21.6 Å². The molecule has 1 atom stereocenters. The Kier molecular flexibility index (Phi) is 3.57. The molecule has 0 N–H and O–H groups in total. The molecule has 1 aromatic rings. The maximum Gasteiger partial charge on any atom is 0.133 e. The van der Waals surface area contributed by atoms with Crippen LogP contribution in [0.1, 0.15) is 39.2 Å². The molecule has 1 heterocycles. The molecule has 3 heteroatoms. The average molecular weight is 296 g/mol. The second kappa shape index (κ2) is 4.81. The molecule has 0 radical (unpaired) electrons. The summed E-state index contributed by atoms with van der Waals surface area (Å²) in [5.41, 5.74) is 2.51. The molecule has 0 saturated carbocycles. The summed E-state index contributed by atoms with van der Waals surface area (Å²) in [6.45, 7) is 6.69. The standard InChI is InChI=1S/C14H18BrNO/c1-14(2,3)9-12-8-13(16-17-12)10-4-6-11(15)7-5-10/h4-7,12H,8-9H2,1-3H3/t12-/m1/s1. The normalized spacial score (nSPS) is 20.0. The minimum Gasteiger partial charge on any atom is -0.392 e. The fourth-order valence-electron chi connectivity index (χ4n) is 2.03. The minimum absolute atomic E-state index is 0.230. The first kappa shape index (κ1) is 12.6. The summed E-state index contributed by atoms with van der Waals surface area (Å²) in [5.74, 6) is 0. The number of rotatable bonds is 2. The zero-order valence-electron chi connectivity index (χ0n) is 10.5. The summed E-state index contributed by atoms with van der Waals surface area (Å²) in [5, 5.41) is 4.20. The Bertz CT molecular complexity index is 417. The average Bonchev–Trinajstić information content (AvgIpc) is 2.64. The third kappa shape index (κ3) is 3.56. The highest BCUT2D eigenvalue weighted by molar-refractivity contribution is 9.10. The smallest absolute Gasteiger partial charge is 0.133 e. The van der Waals surface area contributed by atoms with Crippen LogP contribution in [-0.2, 0) is 4.84 Å². The minimum atomic E-state index is 0.230. The van der Waals surface area contributed by atoms with Crippen LogP contribution < -0.4 is 0 Å². The Morgan fingerprint density at radius 1 is 1.29 bits per heavy atom. The van der Waals surface area contributed by atoms with E-state index in [0.717, 1.165) is 28.6 Å². The van der Waals surface area contributed by atoms with E-state index in [2.05, 4.69) is 54.0 Å². The molecule has 2 rings (SSSR count). The molecule has 0 amide bonds. The van der Waals surface area contributed by atoms with Crippen molar-refractivity contribution in [2.24, 2.45) is 10.6 Å². The first-order valence-electron chi connectivity index (χ1n) is 5.93. The molecule has 0 unspecified atom stereocenters. The molecule has 0 spiro atoms. The monoisotopic (exact) mass is 295 g/mol. The van der Waals surface area contributed by atoms with Crippen molar-refractivity contribution in [1.82, 2.24) is 0 Å². The highest BCUT2D eigenvalue weighted by Gasteiger charge is 2.26. The summed E-state index contributed by atoms with van der Waals surface area (Å²) in [4.78, 5) is 5.50. The van der Waals surface area contributed by atoms with Gasteiger partial charge in [-0.3, -0.25) is 0 Å². The van der Waals surface area contributed by atoms with Crippen molar-refractivity contribution >= 4 is 21.6 Å². The molecule has 0 saturated heterocycles. The molecule has 92 valence electrons. The summed E-state index contributed by atoms with van der Waals surface area (Å²) in [7, 11) is 0. The van der Waals surface area contributed by atoms with Crippen LogP contribution in [0.2, 0.25) is 0 Å². The van der Waals surface area contributed by atoms with E-state index < -0.39 is 0 Å². The third-order valence-electron chi connectivity index (χ3n) is 2.75. The molecule has 0 aliphatic carbocycles. The fourth-order valence-corrected chi connectivity index (χ4v) is 2.30. The van der Waals surface area contributed by atoms with Gasteiger partial charge < -0.3 is 4.84 Å². The van der Waals surface area contributed by atoms with Crippen LogP contribution >= 0.6 is 15.9 Å². The van der Waals surface area contributed by atoms with Gasteiger partial charge in [0.25, 0.3) is 0 Å². The van der Waals surface area contributed by atoms with Crippen LogP contribution in [0, 0.1) is 5.41 Å². The Labute approximate surface area is 111 Å². The number of nitrogens with zero attached hydrogens (tertiary/aromatic N) is 1. The molecule has 17 heavy (non-hydrogen) atoms. The van der Waals surface area contributed by atoms with Crippen molar-refractivity contribution in [1.29, 1.82) is 0 Å². The van der Waals surface area contributed by atoms with Crippen molar-refractivity contribution in [3.63, 3.8) is 0 Å². The molecular weight excluding hydrogens is 278 g/mol. The van der Waals surface area contributed by atoms with Crippen LogP contribution in [0.15, 0.2) is 33.9 Å². The summed E-state index contributed by atoms with van der Waals surface area (Å²) < 4.78 is 1.09. The van der Waals surface area contributed by atoms with E-state index in [9.17, 15) is 0 Å². The number of hydrogen-bond donors (Lipinski definition) is 0. The Balaban J connectivity index is 2.00. The quantitative estimate of drug-likeness (QED) is 0.793. The zero-order chi connectivity index (χ0) is 12.5. The summed E-state index contributed by atoms with van der Waals surface area (Å²) >= 11 is 3.43. The van der Waals surface area contributed by atoms with Crippen LogP contribution in [0.3, 0.4) is 0 Å². The maximum absolute atomic E-state index is 5.50. The van der Waals surface area contributed by atoms with E-state index in [0.29, 0.717) is 0 Å². The molecule has 0 aromatic heterocycles. The van der Waals surface area contributed by atoms with Gasteiger partial charge in [-0.05, 0) is 29.5 Å². The van der Waals surface area contributed by atoms with Gasteiger partial charge in [0.15, 0.2) is 0 Å². The second-order valence-electron chi connectivity index (χ2n) is 5.74. The SMILES string of the molecule is CC(C)(C)C[C@H]1CC(c2ccc(Br)cc2)=NO1. The Hall–Kier alpha value is -0.830. The Morgan fingerprint density at radius 3 is 2.53 bits per heavy atom. The highest BCUT2D eigenvalue weighted by atomic mass is 79.9. The van der Waals surface area contributed by atoms with Gasteiger partial charge in [0, 0.05) is 10.9 Å².